The van der Waals surface area contributed by atoms with E-state index < -0.39 is 14.4 Å². The summed E-state index contributed by atoms with van der Waals surface area (Å²) in [5.41, 5.74) is 0.377. The van der Waals surface area contributed by atoms with E-state index in [-0.39, 0.29) is 17.1 Å². The Kier molecular flexibility index (Phi) is 6.01. The summed E-state index contributed by atoms with van der Waals surface area (Å²) >= 11 is 6.32. The molecule has 2 rings (SSSR count). The minimum absolute atomic E-state index is 0.0749. The lowest BCUT2D eigenvalue weighted by atomic mass is 10.2. The number of anilines is 1. The Hall–Kier alpha value is -1.62. The van der Waals surface area contributed by atoms with Crippen LogP contribution in [-0.4, -0.2) is 45.1 Å². The predicted molar refractivity (Wildman–Crippen MR) is 104 cm³/mol. The summed E-state index contributed by atoms with van der Waals surface area (Å²) in [6.45, 7) is 11.4. The molecule has 0 saturated carbocycles. The topological polar surface area (TPSA) is 75.5 Å². The molecule has 8 heteroatoms. The summed E-state index contributed by atoms with van der Waals surface area (Å²) in [4.78, 5) is 18.4. The minimum Gasteiger partial charge on any atom is -0.467 e. The molecule has 1 aromatic heterocycles. The van der Waals surface area contributed by atoms with Gasteiger partial charge in [-0.15, -0.1) is 0 Å². The number of carbonyl (C=O) groups excluding carboxylic acids is 1. The Morgan fingerprint density at radius 1 is 1.46 bits per heavy atom. The molecule has 26 heavy (non-hydrogen) atoms. The van der Waals surface area contributed by atoms with E-state index in [0.717, 1.165) is 0 Å². The number of pyridine rings is 1. The van der Waals surface area contributed by atoms with Crippen LogP contribution in [0.15, 0.2) is 12.3 Å². The van der Waals surface area contributed by atoms with Crippen LogP contribution in [0, 0.1) is 11.3 Å². The van der Waals surface area contributed by atoms with E-state index >= 15 is 0 Å². The summed E-state index contributed by atoms with van der Waals surface area (Å²) in [5.74, 6) is 0.135. The lowest BCUT2D eigenvalue weighted by Crippen LogP contribution is -2.44. The van der Waals surface area contributed by atoms with Gasteiger partial charge in [-0.05, 0) is 24.2 Å². The van der Waals surface area contributed by atoms with Gasteiger partial charge in [-0.3, -0.25) is 0 Å². The van der Waals surface area contributed by atoms with Crippen LogP contribution < -0.4 is 4.90 Å². The van der Waals surface area contributed by atoms with Crippen molar-refractivity contribution in [3.8, 4) is 6.07 Å². The maximum atomic E-state index is 12.3. The largest absolute Gasteiger partial charge is 0.467 e. The zero-order chi connectivity index (χ0) is 19.7. The first kappa shape index (κ1) is 20.7. The third-order valence-corrected chi connectivity index (χ3v) is 10.0. The van der Waals surface area contributed by atoms with Gasteiger partial charge >= 0.3 is 5.97 Å². The third-order valence-electron chi connectivity index (χ3n) is 5.23. The molecule has 1 saturated heterocycles. The van der Waals surface area contributed by atoms with Gasteiger partial charge in [-0.1, -0.05) is 32.4 Å². The molecule has 1 aliphatic heterocycles. The summed E-state index contributed by atoms with van der Waals surface area (Å²) < 4.78 is 11.5. The van der Waals surface area contributed by atoms with E-state index in [2.05, 4.69) is 38.8 Å². The fourth-order valence-electron chi connectivity index (χ4n) is 2.77. The maximum Gasteiger partial charge on any atom is 0.328 e. The molecule has 0 aromatic carbocycles. The standard InChI is InChI=1S/C18H26ClN3O3Si/c1-18(2,3)26(5,6)25-13-8-15(17(23)24-4)22(11-13)16-14(19)7-12(9-20)10-21-16/h7,10,13,15H,8,11H2,1-6H3/t13-,15+/m1/s1. The molecule has 2 atom stereocenters. The monoisotopic (exact) mass is 395 g/mol. The molecule has 142 valence electrons. The fraction of sp³-hybridized carbons (Fsp3) is 0.611. The molecule has 2 heterocycles. The highest BCUT2D eigenvalue weighted by atomic mass is 35.5. The van der Waals surface area contributed by atoms with Crippen LogP contribution in [0.5, 0.6) is 0 Å². The number of methoxy groups -OCH3 is 1. The molecular weight excluding hydrogens is 370 g/mol. The lowest BCUT2D eigenvalue weighted by Gasteiger charge is -2.38. The molecule has 0 spiro atoms. The molecule has 0 N–H and O–H groups in total. The number of ether oxygens (including phenoxy) is 1. The lowest BCUT2D eigenvalue weighted by molar-refractivity contribution is -0.142. The smallest absolute Gasteiger partial charge is 0.328 e. The van der Waals surface area contributed by atoms with Gasteiger partial charge in [0.15, 0.2) is 8.32 Å². The second-order valence-electron chi connectivity index (χ2n) is 8.07. The number of carbonyl (C=O) groups is 1. The van der Waals surface area contributed by atoms with Crippen LogP contribution >= 0.6 is 11.6 Å². The number of hydrogen-bond donors (Lipinski definition) is 0. The van der Waals surface area contributed by atoms with Crippen molar-refractivity contribution in [2.75, 3.05) is 18.6 Å². The normalized spacial score (nSPS) is 20.8. The molecule has 1 fully saturated rings. The molecule has 0 amide bonds. The van der Waals surface area contributed by atoms with Gasteiger partial charge in [-0.2, -0.15) is 5.26 Å². The van der Waals surface area contributed by atoms with E-state index in [9.17, 15) is 4.79 Å². The molecule has 0 bridgehead atoms. The van der Waals surface area contributed by atoms with E-state index in [0.29, 0.717) is 29.4 Å². The zero-order valence-corrected chi connectivity index (χ0v) is 17.9. The number of nitriles is 1. The SMILES string of the molecule is COC(=O)[C@@H]1C[C@@H](O[Si](C)(C)C(C)(C)C)CN1c1ncc(C#N)cc1Cl. The van der Waals surface area contributed by atoms with Crippen LogP contribution in [0.25, 0.3) is 0 Å². The highest BCUT2D eigenvalue weighted by Crippen LogP contribution is 2.40. The maximum absolute atomic E-state index is 12.3. The predicted octanol–water partition coefficient (Wildman–Crippen LogP) is 3.75. The third kappa shape index (κ3) is 4.19. The Morgan fingerprint density at radius 3 is 2.62 bits per heavy atom. The number of esters is 1. The van der Waals surface area contributed by atoms with Gasteiger partial charge in [0.2, 0.25) is 0 Å². The van der Waals surface area contributed by atoms with Gasteiger partial charge in [0.25, 0.3) is 0 Å². The minimum atomic E-state index is -1.98. The van der Waals surface area contributed by atoms with Crippen molar-refractivity contribution in [3.63, 3.8) is 0 Å². The van der Waals surface area contributed by atoms with Crippen LogP contribution in [0.1, 0.15) is 32.8 Å². The molecule has 0 aliphatic carbocycles. The second kappa shape index (κ2) is 7.55. The molecule has 6 nitrogen and oxygen atoms in total. The summed E-state index contributed by atoms with van der Waals surface area (Å²) in [7, 11) is -0.607. The Bertz CT molecular complexity index is 727. The van der Waals surface area contributed by atoms with Gasteiger partial charge < -0.3 is 14.1 Å². The van der Waals surface area contributed by atoms with Crippen LogP contribution in [0.4, 0.5) is 5.82 Å². The Morgan fingerprint density at radius 2 is 2.12 bits per heavy atom. The molecule has 0 radical (unpaired) electrons. The summed E-state index contributed by atoms with van der Waals surface area (Å²) in [5, 5.41) is 9.40. The first-order valence-electron chi connectivity index (χ1n) is 8.58. The molecular formula is C18H26ClN3O3Si. The average molecular weight is 396 g/mol. The van der Waals surface area contributed by atoms with Crippen LogP contribution in [0.3, 0.4) is 0 Å². The first-order valence-corrected chi connectivity index (χ1v) is 11.9. The van der Waals surface area contributed by atoms with Crippen molar-refractivity contribution < 1.29 is 14.0 Å². The van der Waals surface area contributed by atoms with Crippen LogP contribution in [-0.2, 0) is 14.0 Å². The van der Waals surface area contributed by atoms with Gasteiger partial charge in [0.05, 0.1) is 23.8 Å². The number of nitrogens with zero attached hydrogens (tertiary/aromatic N) is 3. The molecule has 1 aliphatic rings. The summed E-state index contributed by atoms with van der Waals surface area (Å²) in [6, 6.07) is 3.06. The number of aromatic nitrogens is 1. The number of halogens is 1. The molecule has 0 unspecified atom stereocenters. The number of hydrogen-bond acceptors (Lipinski definition) is 6. The van der Waals surface area contributed by atoms with Crippen molar-refractivity contribution in [2.24, 2.45) is 0 Å². The first-order chi connectivity index (χ1) is 12.0. The second-order valence-corrected chi connectivity index (χ2v) is 13.2. The van der Waals surface area contributed by atoms with Gasteiger partial charge in [0, 0.05) is 19.2 Å². The summed E-state index contributed by atoms with van der Waals surface area (Å²) in [6.07, 6.45) is 1.88. The molecule has 1 aromatic rings. The Labute approximate surface area is 161 Å². The quantitative estimate of drug-likeness (QED) is 0.570. The highest BCUT2D eigenvalue weighted by molar-refractivity contribution is 6.74. The van der Waals surface area contributed by atoms with Gasteiger partial charge in [-0.25, -0.2) is 9.78 Å². The van der Waals surface area contributed by atoms with Crippen molar-refractivity contribution in [2.45, 2.75) is 57.5 Å². The van der Waals surface area contributed by atoms with Gasteiger partial charge in [0.1, 0.15) is 17.9 Å². The zero-order valence-electron chi connectivity index (χ0n) is 16.2. The highest BCUT2D eigenvalue weighted by Gasteiger charge is 2.45. The van der Waals surface area contributed by atoms with Crippen molar-refractivity contribution in [1.29, 1.82) is 5.26 Å². The van der Waals surface area contributed by atoms with Crippen molar-refractivity contribution in [1.82, 2.24) is 4.98 Å². The van der Waals surface area contributed by atoms with Crippen molar-refractivity contribution >= 4 is 31.7 Å². The fourth-order valence-corrected chi connectivity index (χ4v) is 4.41. The Balaban J connectivity index is 2.30. The number of rotatable bonds is 4. The average Bonchev–Trinajstić information content (AvgIpc) is 2.95. The van der Waals surface area contributed by atoms with Crippen molar-refractivity contribution in [3.05, 3.63) is 22.8 Å². The van der Waals surface area contributed by atoms with E-state index in [1.807, 2.05) is 11.0 Å². The van der Waals surface area contributed by atoms with Crippen LogP contribution in [0.2, 0.25) is 23.2 Å². The van der Waals surface area contributed by atoms with E-state index in [4.69, 9.17) is 26.0 Å². The van der Waals surface area contributed by atoms with E-state index in [1.54, 1.807) is 6.07 Å². The van der Waals surface area contributed by atoms with E-state index in [1.165, 1.54) is 13.3 Å².